The predicted octanol–water partition coefficient (Wildman–Crippen LogP) is 3.40. The van der Waals surface area contributed by atoms with Crippen LogP contribution in [0.4, 0.5) is 4.39 Å². The summed E-state index contributed by atoms with van der Waals surface area (Å²) < 4.78 is 30.1. The molecule has 19 heavy (non-hydrogen) atoms. The van der Waals surface area contributed by atoms with Crippen molar-refractivity contribution >= 4 is 10.8 Å². The third-order valence-electron chi connectivity index (χ3n) is 2.56. The number of halogens is 1. The zero-order chi connectivity index (χ0) is 13.5. The largest absolute Gasteiger partial charge is 0.494 e. The molecule has 0 aliphatic rings. The molecule has 0 saturated heterocycles. The van der Waals surface area contributed by atoms with Crippen molar-refractivity contribution < 1.29 is 13.3 Å². The Kier molecular flexibility index (Phi) is 5.10. The Hall–Kier alpha value is -1.68. The second-order valence-corrected chi connectivity index (χ2v) is 5.59. The predicted molar refractivity (Wildman–Crippen MR) is 74.2 cm³/mol. The maximum Gasteiger partial charge on any atom is 0.123 e. The third-order valence-corrected chi connectivity index (χ3v) is 4.02. The molecule has 4 heteroatoms. The molecule has 0 heterocycles. The first-order valence-corrected chi connectivity index (χ1v) is 7.39. The fourth-order valence-electron chi connectivity index (χ4n) is 1.60. The van der Waals surface area contributed by atoms with Crippen LogP contribution in [0.15, 0.2) is 59.5 Å². The van der Waals surface area contributed by atoms with Crippen molar-refractivity contribution in [2.24, 2.45) is 0 Å². The Morgan fingerprint density at radius 2 is 1.68 bits per heavy atom. The lowest BCUT2D eigenvalue weighted by Crippen LogP contribution is -2.05. The minimum absolute atomic E-state index is 0.312. The van der Waals surface area contributed by atoms with Gasteiger partial charge < -0.3 is 4.74 Å². The fourth-order valence-corrected chi connectivity index (χ4v) is 2.66. The molecule has 100 valence electrons. The van der Waals surface area contributed by atoms with Gasteiger partial charge in [0.2, 0.25) is 0 Å². The molecule has 0 radical (unpaired) electrons. The maximum absolute atomic E-state index is 12.7. The number of rotatable bonds is 6. The SMILES string of the molecule is O=S(CCCOc1ccccc1)c1ccc(F)cc1. The van der Waals surface area contributed by atoms with Gasteiger partial charge in [0, 0.05) is 10.6 Å². The van der Waals surface area contributed by atoms with Crippen LogP contribution in [0.5, 0.6) is 5.75 Å². The number of para-hydroxylation sites is 1. The summed E-state index contributed by atoms with van der Waals surface area (Å²) in [5.74, 6) is 1.02. The van der Waals surface area contributed by atoms with Gasteiger partial charge in [0.25, 0.3) is 0 Å². The highest BCUT2D eigenvalue weighted by atomic mass is 32.2. The van der Waals surface area contributed by atoms with Crippen LogP contribution in [-0.4, -0.2) is 16.6 Å². The monoisotopic (exact) mass is 278 g/mol. The Morgan fingerprint density at radius 3 is 2.37 bits per heavy atom. The zero-order valence-corrected chi connectivity index (χ0v) is 11.2. The summed E-state index contributed by atoms with van der Waals surface area (Å²) in [6.07, 6.45) is 0.693. The normalized spacial score (nSPS) is 12.1. The summed E-state index contributed by atoms with van der Waals surface area (Å²) in [6.45, 7) is 0.525. The van der Waals surface area contributed by atoms with Crippen LogP contribution in [0.2, 0.25) is 0 Å². The number of benzene rings is 2. The molecule has 0 aromatic heterocycles. The van der Waals surface area contributed by atoms with E-state index in [1.807, 2.05) is 30.3 Å². The van der Waals surface area contributed by atoms with Crippen molar-refractivity contribution in [1.82, 2.24) is 0 Å². The molecule has 0 aliphatic carbocycles. The van der Waals surface area contributed by atoms with Gasteiger partial charge >= 0.3 is 0 Å². The molecule has 0 fully saturated rings. The molecular weight excluding hydrogens is 263 g/mol. The third kappa shape index (κ3) is 4.48. The second kappa shape index (κ2) is 7.04. The number of ether oxygens (including phenoxy) is 1. The summed E-state index contributed by atoms with van der Waals surface area (Å²) in [5, 5.41) is 0. The van der Waals surface area contributed by atoms with E-state index in [4.69, 9.17) is 4.74 Å². The molecule has 2 aromatic rings. The Morgan fingerprint density at radius 1 is 1.00 bits per heavy atom. The molecule has 0 aliphatic heterocycles. The first kappa shape index (κ1) is 13.7. The van der Waals surface area contributed by atoms with Crippen LogP contribution in [0.3, 0.4) is 0 Å². The zero-order valence-electron chi connectivity index (χ0n) is 10.4. The number of hydrogen-bond acceptors (Lipinski definition) is 2. The Bertz CT molecular complexity index is 526. The first-order chi connectivity index (χ1) is 9.25. The van der Waals surface area contributed by atoms with Gasteiger partial charge in [-0.25, -0.2) is 4.39 Å². The van der Waals surface area contributed by atoms with Gasteiger partial charge in [-0.3, -0.25) is 4.21 Å². The van der Waals surface area contributed by atoms with Gasteiger partial charge in [-0.2, -0.15) is 0 Å². The maximum atomic E-state index is 12.7. The van der Waals surface area contributed by atoms with E-state index < -0.39 is 10.8 Å². The summed E-state index contributed by atoms with van der Waals surface area (Å²) in [7, 11) is -1.10. The van der Waals surface area contributed by atoms with E-state index >= 15 is 0 Å². The van der Waals surface area contributed by atoms with Gasteiger partial charge in [0.1, 0.15) is 11.6 Å². The lowest BCUT2D eigenvalue weighted by Gasteiger charge is -2.06. The molecule has 1 atom stereocenters. The minimum Gasteiger partial charge on any atom is -0.494 e. The summed E-state index contributed by atoms with van der Waals surface area (Å²) in [5.41, 5.74) is 0. The standard InChI is InChI=1S/C15H15FO2S/c16-13-7-9-15(10-8-13)19(17)12-4-11-18-14-5-2-1-3-6-14/h1-3,5-10H,4,11-12H2. The summed E-state index contributed by atoms with van der Waals surface area (Å²) in [4.78, 5) is 0.654. The molecule has 2 rings (SSSR count). The fraction of sp³-hybridized carbons (Fsp3) is 0.200. The molecule has 0 spiro atoms. The van der Waals surface area contributed by atoms with Crippen molar-refractivity contribution in [3.63, 3.8) is 0 Å². The Labute approximate surface area is 114 Å². The van der Waals surface area contributed by atoms with Gasteiger partial charge in [-0.15, -0.1) is 0 Å². The molecular formula is C15H15FO2S. The van der Waals surface area contributed by atoms with Crippen LogP contribution in [0.1, 0.15) is 6.42 Å². The molecule has 1 unspecified atom stereocenters. The van der Waals surface area contributed by atoms with E-state index in [0.29, 0.717) is 23.7 Å². The minimum atomic E-state index is -1.10. The lowest BCUT2D eigenvalue weighted by atomic mass is 10.3. The lowest BCUT2D eigenvalue weighted by molar-refractivity contribution is 0.318. The van der Waals surface area contributed by atoms with E-state index in [2.05, 4.69) is 0 Å². The van der Waals surface area contributed by atoms with Crippen molar-refractivity contribution in [3.05, 3.63) is 60.4 Å². The quantitative estimate of drug-likeness (QED) is 0.757. The van der Waals surface area contributed by atoms with E-state index in [9.17, 15) is 8.60 Å². The van der Waals surface area contributed by atoms with E-state index in [-0.39, 0.29) is 5.82 Å². The van der Waals surface area contributed by atoms with Crippen LogP contribution in [-0.2, 0) is 10.8 Å². The van der Waals surface area contributed by atoms with Gasteiger partial charge in [-0.1, -0.05) is 18.2 Å². The van der Waals surface area contributed by atoms with Crippen LogP contribution in [0.25, 0.3) is 0 Å². The van der Waals surface area contributed by atoms with Crippen LogP contribution < -0.4 is 4.74 Å². The molecule has 0 bridgehead atoms. The molecule has 0 saturated carbocycles. The van der Waals surface area contributed by atoms with Crippen molar-refractivity contribution in [1.29, 1.82) is 0 Å². The van der Waals surface area contributed by atoms with E-state index in [0.717, 1.165) is 5.75 Å². The highest BCUT2D eigenvalue weighted by Gasteiger charge is 2.04. The van der Waals surface area contributed by atoms with E-state index in [1.165, 1.54) is 12.1 Å². The van der Waals surface area contributed by atoms with Crippen molar-refractivity contribution in [3.8, 4) is 5.75 Å². The molecule has 0 N–H and O–H groups in total. The number of hydrogen-bond donors (Lipinski definition) is 0. The summed E-state index contributed by atoms with van der Waals surface area (Å²) >= 11 is 0. The van der Waals surface area contributed by atoms with Gasteiger partial charge in [-0.05, 0) is 42.8 Å². The van der Waals surface area contributed by atoms with Crippen LogP contribution >= 0.6 is 0 Å². The Balaban J connectivity index is 1.74. The second-order valence-electron chi connectivity index (χ2n) is 4.02. The molecule has 2 aromatic carbocycles. The molecule has 2 nitrogen and oxygen atoms in total. The average Bonchev–Trinajstić information content (AvgIpc) is 2.45. The van der Waals surface area contributed by atoms with Gasteiger partial charge in [0.05, 0.1) is 17.4 Å². The molecule has 0 amide bonds. The first-order valence-electron chi connectivity index (χ1n) is 6.07. The highest BCUT2D eigenvalue weighted by Crippen LogP contribution is 2.11. The smallest absolute Gasteiger partial charge is 0.123 e. The van der Waals surface area contributed by atoms with Crippen molar-refractivity contribution in [2.45, 2.75) is 11.3 Å². The van der Waals surface area contributed by atoms with Gasteiger partial charge in [0.15, 0.2) is 0 Å². The average molecular weight is 278 g/mol. The van der Waals surface area contributed by atoms with Crippen molar-refractivity contribution in [2.75, 3.05) is 12.4 Å². The summed E-state index contributed by atoms with van der Waals surface area (Å²) in [6, 6.07) is 15.3. The topological polar surface area (TPSA) is 26.3 Å². The van der Waals surface area contributed by atoms with E-state index in [1.54, 1.807) is 12.1 Å². The van der Waals surface area contributed by atoms with Crippen LogP contribution in [0, 0.1) is 5.82 Å². The highest BCUT2D eigenvalue weighted by molar-refractivity contribution is 7.85.